The number of halogens is 4. The van der Waals surface area contributed by atoms with Crippen molar-refractivity contribution in [3.8, 4) is 0 Å². The van der Waals surface area contributed by atoms with Crippen LogP contribution in [0.4, 0.5) is 17.6 Å². The van der Waals surface area contributed by atoms with Crippen molar-refractivity contribution in [1.29, 1.82) is 0 Å². The predicted octanol–water partition coefficient (Wildman–Crippen LogP) is 3.48. The highest BCUT2D eigenvalue weighted by Gasteiger charge is 2.44. The van der Waals surface area contributed by atoms with E-state index >= 15 is 0 Å². The van der Waals surface area contributed by atoms with Crippen LogP contribution >= 0.6 is 0 Å². The van der Waals surface area contributed by atoms with Crippen LogP contribution in [0.3, 0.4) is 0 Å². The van der Waals surface area contributed by atoms with Gasteiger partial charge in [-0.15, -0.1) is 0 Å². The third kappa shape index (κ3) is 2.75. The Hall–Kier alpha value is -3.70. The fourth-order valence-corrected chi connectivity index (χ4v) is 3.53. The number of carbonyl (C=O) groups excluding carboxylic acids is 1. The Balaban J connectivity index is 1.63. The monoisotopic (exact) mass is 421 g/mol. The molecule has 5 rings (SSSR count). The highest BCUT2D eigenvalue weighted by atomic mass is 19.4. The molecule has 4 aromatic rings. The maximum absolute atomic E-state index is 14.1. The molecule has 12 heteroatoms. The van der Waals surface area contributed by atoms with Gasteiger partial charge in [0.2, 0.25) is 11.7 Å². The normalized spacial score (nSPS) is 16.8. The summed E-state index contributed by atoms with van der Waals surface area (Å²) in [5.41, 5.74) is -0.341. The number of nitrogens with one attached hydrogen (secondary N) is 1. The summed E-state index contributed by atoms with van der Waals surface area (Å²) < 4.78 is 64.1. The van der Waals surface area contributed by atoms with E-state index in [1.807, 2.05) is 0 Å². The van der Waals surface area contributed by atoms with Crippen molar-refractivity contribution in [2.45, 2.75) is 18.6 Å². The third-order valence-corrected chi connectivity index (χ3v) is 4.83. The second kappa shape index (κ2) is 6.40. The first-order valence-electron chi connectivity index (χ1n) is 8.73. The molecule has 0 fully saturated rings. The van der Waals surface area contributed by atoms with Gasteiger partial charge in [0.15, 0.2) is 29.5 Å². The Kier molecular flexibility index (Phi) is 3.91. The molecular formula is C18H11F4N5O3. The van der Waals surface area contributed by atoms with E-state index in [1.165, 1.54) is 24.5 Å². The van der Waals surface area contributed by atoms with E-state index in [4.69, 9.17) is 8.83 Å². The third-order valence-electron chi connectivity index (χ3n) is 4.83. The Morgan fingerprint density at radius 3 is 2.87 bits per heavy atom. The average molecular weight is 421 g/mol. The Morgan fingerprint density at radius 1 is 1.27 bits per heavy atom. The average Bonchev–Trinajstić information content (AvgIpc) is 3.44. The minimum Gasteiger partial charge on any atom is -0.438 e. The Labute approximate surface area is 164 Å². The number of H-pyrrole nitrogens is 1. The zero-order chi connectivity index (χ0) is 21.0. The molecule has 0 unspecified atom stereocenters. The van der Waals surface area contributed by atoms with Gasteiger partial charge in [-0.05, 0) is 12.1 Å². The number of para-hydroxylation sites is 1. The van der Waals surface area contributed by atoms with E-state index < -0.39 is 35.4 Å². The molecule has 1 amide bonds. The molecule has 0 saturated heterocycles. The molecule has 3 aromatic heterocycles. The Bertz CT molecular complexity index is 1260. The molecule has 0 aliphatic carbocycles. The maximum atomic E-state index is 14.1. The van der Waals surface area contributed by atoms with Crippen molar-refractivity contribution in [3.05, 3.63) is 65.5 Å². The molecular weight excluding hydrogens is 410 g/mol. The van der Waals surface area contributed by atoms with Crippen molar-refractivity contribution < 1.29 is 31.2 Å². The molecule has 30 heavy (non-hydrogen) atoms. The quantitative estimate of drug-likeness (QED) is 0.498. The Morgan fingerprint density at radius 2 is 2.10 bits per heavy atom. The van der Waals surface area contributed by atoms with Crippen molar-refractivity contribution in [1.82, 2.24) is 24.8 Å². The number of nitrogens with zero attached hydrogens (tertiary/aromatic N) is 4. The zero-order valence-electron chi connectivity index (χ0n) is 14.9. The lowest BCUT2D eigenvalue weighted by Gasteiger charge is -2.32. The molecule has 1 aromatic carbocycles. The van der Waals surface area contributed by atoms with E-state index in [-0.39, 0.29) is 23.5 Å². The van der Waals surface area contributed by atoms with Crippen molar-refractivity contribution in [3.63, 3.8) is 0 Å². The van der Waals surface area contributed by atoms with Crippen LogP contribution < -0.4 is 0 Å². The molecule has 8 nitrogen and oxygen atoms in total. The van der Waals surface area contributed by atoms with Gasteiger partial charge in [-0.3, -0.25) is 4.79 Å². The topological polar surface area (TPSA) is 101 Å². The minimum atomic E-state index is -4.87. The molecule has 4 heterocycles. The van der Waals surface area contributed by atoms with Gasteiger partial charge in [0, 0.05) is 18.7 Å². The molecule has 154 valence electrons. The number of aromatic nitrogens is 4. The number of carbonyl (C=O) groups is 1. The lowest BCUT2D eigenvalue weighted by atomic mass is 10.0. The van der Waals surface area contributed by atoms with Crippen LogP contribution in [-0.4, -0.2) is 37.3 Å². The highest BCUT2D eigenvalue weighted by molar-refractivity contribution is 5.93. The largest absolute Gasteiger partial charge is 0.438 e. The number of amides is 1. The van der Waals surface area contributed by atoms with Gasteiger partial charge in [0.1, 0.15) is 5.52 Å². The number of aromatic amines is 1. The van der Waals surface area contributed by atoms with E-state index in [0.717, 1.165) is 4.90 Å². The first kappa shape index (κ1) is 18.3. The van der Waals surface area contributed by atoms with E-state index in [0.29, 0.717) is 24.2 Å². The molecule has 1 N–H and O–H groups in total. The zero-order valence-corrected chi connectivity index (χ0v) is 14.9. The number of rotatable bonds is 2. The first-order chi connectivity index (χ1) is 14.3. The second-order valence-electron chi connectivity index (χ2n) is 6.59. The minimum absolute atomic E-state index is 0.0257. The molecule has 0 bridgehead atoms. The van der Waals surface area contributed by atoms with Crippen LogP contribution in [0.2, 0.25) is 0 Å². The molecule has 1 aliphatic rings. The first-order valence-corrected chi connectivity index (χ1v) is 8.73. The van der Waals surface area contributed by atoms with Crippen LogP contribution in [-0.2, 0) is 12.6 Å². The summed E-state index contributed by atoms with van der Waals surface area (Å²) in [6.45, 7) is 0.0257. The number of imidazole rings is 1. The summed E-state index contributed by atoms with van der Waals surface area (Å²) in [7, 11) is 0. The summed E-state index contributed by atoms with van der Waals surface area (Å²) in [6, 6.07) is 3.07. The number of benzene rings is 1. The lowest BCUT2D eigenvalue weighted by Crippen LogP contribution is -2.41. The van der Waals surface area contributed by atoms with Crippen LogP contribution in [0.25, 0.3) is 11.1 Å². The van der Waals surface area contributed by atoms with Gasteiger partial charge < -0.3 is 18.7 Å². The van der Waals surface area contributed by atoms with Crippen LogP contribution in [0.15, 0.2) is 39.8 Å². The maximum Gasteiger partial charge on any atom is 0.437 e. The van der Waals surface area contributed by atoms with Crippen LogP contribution in [0.5, 0.6) is 0 Å². The van der Waals surface area contributed by atoms with Crippen molar-refractivity contribution >= 4 is 17.0 Å². The van der Waals surface area contributed by atoms with Gasteiger partial charge >= 0.3 is 6.18 Å². The summed E-state index contributed by atoms with van der Waals surface area (Å²) in [5, 5.41) is 0. The fourth-order valence-electron chi connectivity index (χ4n) is 3.53. The fraction of sp³-hybridized carbons (Fsp3) is 0.222. The van der Waals surface area contributed by atoms with E-state index in [1.54, 1.807) is 0 Å². The van der Waals surface area contributed by atoms with Crippen molar-refractivity contribution in [2.24, 2.45) is 0 Å². The number of oxazole rings is 2. The molecule has 1 aliphatic heterocycles. The molecule has 0 saturated carbocycles. The number of fused-ring (bicyclic) bond motifs is 2. The van der Waals surface area contributed by atoms with Gasteiger partial charge in [0.05, 0.1) is 12.0 Å². The standard InChI is InChI=1S/C18H11F4N5O3/c19-8-2-1-3-10-13(8)30-16(26-10)12-11-9(23-6-24-11)4-5-27(12)17(28)14-15(18(20,21)22)25-7-29-14/h1-3,6-7,12H,4-5H2,(H,23,24)/t12-/m0/s1. The molecule has 1 atom stereocenters. The summed E-state index contributed by atoms with van der Waals surface area (Å²) in [5.74, 6) is -2.74. The van der Waals surface area contributed by atoms with Crippen molar-refractivity contribution in [2.75, 3.05) is 6.54 Å². The number of hydrogen-bond donors (Lipinski definition) is 1. The van der Waals surface area contributed by atoms with Gasteiger partial charge in [-0.25, -0.2) is 19.3 Å². The van der Waals surface area contributed by atoms with E-state index in [9.17, 15) is 22.4 Å². The summed E-state index contributed by atoms with van der Waals surface area (Å²) >= 11 is 0. The molecule has 0 spiro atoms. The second-order valence-corrected chi connectivity index (χ2v) is 6.59. The summed E-state index contributed by atoms with van der Waals surface area (Å²) in [6.07, 6.45) is -2.61. The predicted molar refractivity (Wildman–Crippen MR) is 90.6 cm³/mol. The van der Waals surface area contributed by atoms with Crippen LogP contribution in [0.1, 0.15) is 39.6 Å². The summed E-state index contributed by atoms with van der Waals surface area (Å²) in [4.78, 5) is 28.6. The van der Waals surface area contributed by atoms with Crippen LogP contribution in [0, 0.1) is 5.82 Å². The number of hydrogen-bond acceptors (Lipinski definition) is 6. The van der Waals surface area contributed by atoms with E-state index in [2.05, 4.69) is 19.9 Å². The molecule has 0 radical (unpaired) electrons. The highest BCUT2D eigenvalue weighted by Crippen LogP contribution is 2.38. The van der Waals surface area contributed by atoms with Gasteiger partial charge in [0.25, 0.3) is 5.91 Å². The SMILES string of the molecule is O=C(c1ocnc1C(F)(F)F)N1CCc2[nH]cnc2[C@H]1c1nc2cccc(F)c2o1. The lowest BCUT2D eigenvalue weighted by molar-refractivity contribution is -0.141. The van der Waals surface area contributed by atoms with Gasteiger partial charge in [-0.1, -0.05) is 6.07 Å². The number of alkyl halides is 3. The van der Waals surface area contributed by atoms with Gasteiger partial charge in [-0.2, -0.15) is 13.2 Å². The smallest absolute Gasteiger partial charge is 0.437 e.